The molecule has 2 aliphatic heterocycles. The molecular weight excluding hydrogens is 500 g/mol. The lowest BCUT2D eigenvalue weighted by Crippen LogP contribution is -2.29. The van der Waals surface area contributed by atoms with Crippen molar-refractivity contribution in [1.29, 1.82) is 0 Å². The third-order valence-electron chi connectivity index (χ3n) is 7.09. The van der Waals surface area contributed by atoms with Gasteiger partial charge in [-0.25, -0.2) is 9.98 Å². The highest BCUT2D eigenvalue weighted by molar-refractivity contribution is 5.95. The first-order valence-corrected chi connectivity index (χ1v) is 14.0. The molecule has 8 heteroatoms. The van der Waals surface area contributed by atoms with Crippen molar-refractivity contribution >= 4 is 12.2 Å². The molecular formula is C32H42N6O2. The van der Waals surface area contributed by atoms with E-state index in [0.29, 0.717) is 18.4 Å². The van der Waals surface area contributed by atoms with Crippen LogP contribution in [0.25, 0.3) is 0 Å². The van der Waals surface area contributed by atoms with Crippen molar-refractivity contribution in [1.82, 2.24) is 20.2 Å². The quantitative estimate of drug-likeness (QED) is 0.154. The van der Waals surface area contributed by atoms with E-state index in [1.54, 1.807) is 12.5 Å². The first-order valence-electron chi connectivity index (χ1n) is 14.0. The number of aromatic nitrogens is 2. The molecule has 1 saturated heterocycles. The van der Waals surface area contributed by atoms with Gasteiger partial charge in [0.05, 0.1) is 26.1 Å². The second-order valence-corrected chi connectivity index (χ2v) is 10.3. The third kappa shape index (κ3) is 8.55. The molecule has 212 valence electrons. The van der Waals surface area contributed by atoms with E-state index in [1.807, 2.05) is 56.2 Å². The average Bonchev–Trinajstić information content (AvgIpc) is 3.58. The van der Waals surface area contributed by atoms with Gasteiger partial charge in [-0.15, -0.1) is 0 Å². The van der Waals surface area contributed by atoms with Crippen LogP contribution < -0.4 is 10.6 Å². The molecule has 2 atom stereocenters. The van der Waals surface area contributed by atoms with Crippen LogP contribution in [0.2, 0.25) is 0 Å². The Morgan fingerprint density at radius 1 is 1.27 bits per heavy atom. The molecule has 0 bridgehead atoms. The van der Waals surface area contributed by atoms with Gasteiger partial charge < -0.3 is 24.7 Å². The summed E-state index contributed by atoms with van der Waals surface area (Å²) in [6.07, 6.45) is 22.7. The topological polar surface area (TPSA) is 85.1 Å². The maximum absolute atomic E-state index is 6.23. The Labute approximate surface area is 238 Å². The SMILES string of the molecule is C=C(/C=C\C(OC1CCOCC1)=C(/C)NC)C/N=C\N=C1\NC(C(=C)/C=C(\C=C/C)Cn2ccnc2)=CC2C[C@H]12. The first-order chi connectivity index (χ1) is 19.5. The van der Waals surface area contributed by atoms with Gasteiger partial charge in [-0.3, -0.25) is 4.99 Å². The van der Waals surface area contributed by atoms with Gasteiger partial charge >= 0.3 is 0 Å². The Morgan fingerprint density at radius 2 is 2.10 bits per heavy atom. The van der Waals surface area contributed by atoms with E-state index in [9.17, 15) is 0 Å². The van der Waals surface area contributed by atoms with Gasteiger partial charge in [-0.2, -0.15) is 0 Å². The minimum Gasteiger partial charge on any atom is -0.488 e. The molecule has 2 N–H and O–H groups in total. The summed E-state index contributed by atoms with van der Waals surface area (Å²) in [4.78, 5) is 13.3. The van der Waals surface area contributed by atoms with Crippen molar-refractivity contribution in [3.8, 4) is 0 Å². The number of amidine groups is 1. The zero-order valence-corrected chi connectivity index (χ0v) is 24.0. The summed E-state index contributed by atoms with van der Waals surface area (Å²) in [5.41, 5.74) is 4.95. The summed E-state index contributed by atoms with van der Waals surface area (Å²) in [6, 6.07) is 0. The molecule has 40 heavy (non-hydrogen) atoms. The third-order valence-corrected chi connectivity index (χ3v) is 7.09. The average molecular weight is 543 g/mol. The van der Waals surface area contributed by atoms with Crippen LogP contribution in [-0.2, 0) is 16.0 Å². The first kappa shape index (κ1) is 29.1. The standard InChI is InChI=1S/C32H42N6O2/c1-6-7-26(20-38-13-12-34-22-38)16-24(3)30-18-27-17-29(27)32(37-30)36-21-35-19-23(2)8-9-31(25(4)33-5)40-28-10-14-39-15-11-28/h6-9,12-13,16,18,21-22,27-29,33H,2-3,10-11,14-15,17,19-20H2,1,4-5H3,(H,35,36,37)/b7-6-,9-8-,26-16+,31-25-/t27?,29-/m0/s1. The van der Waals surface area contributed by atoms with Gasteiger partial charge in [0.2, 0.25) is 0 Å². The number of nitrogens with zero attached hydrogens (tertiary/aromatic N) is 4. The van der Waals surface area contributed by atoms with E-state index in [2.05, 4.69) is 57.0 Å². The zero-order chi connectivity index (χ0) is 28.3. The fraction of sp³-hybridized carbons (Fsp3) is 0.406. The molecule has 1 unspecified atom stereocenters. The number of allylic oxidation sites excluding steroid dienone is 7. The van der Waals surface area contributed by atoms with E-state index in [1.165, 1.54) is 0 Å². The van der Waals surface area contributed by atoms with Gasteiger partial charge in [0.25, 0.3) is 0 Å². The van der Waals surface area contributed by atoms with Crippen LogP contribution >= 0.6 is 0 Å². The predicted octanol–water partition coefficient (Wildman–Crippen LogP) is 5.25. The van der Waals surface area contributed by atoms with Gasteiger partial charge in [-0.05, 0) is 55.1 Å². The molecule has 0 spiro atoms. The second-order valence-electron chi connectivity index (χ2n) is 10.3. The summed E-state index contributed by atoms with van der Waals surface area (Å²) in [7, 11) is 1.90. The highest BCUT2D eigenvalue weighted by Gasteiger charge is 2.43. The molecule has 1 aromatic heterocycles. The number of imidazole rings is 1. The number of nitrogens with one attached hydrogen (secondary N) is 2. The van der Waals surface area contributed by atoms with Crippen molar-refractivity contribution < 1.29 is 9.47 Å². The maximum Gasteiger partial charge on any atom is 0.138 e. The van der Waals surface area contributed by atoms with Crippen molar-refractivity contribution in [2.24, 2.45) is 21.8 Å². The number of fused-ring (bicyclic) bond motifs is 1. The molecule has 1 aliphatic carbocycles. The van der Waals surface area contributed by atoms with Gasteiger partial charge in [-0.1, -0.05) is 37.5 Å². The van der Waals surface area contributed by atoms with Gasteiger partial charge in [0, 0.05) is 56.1 Å². The van der Waals surface area contributed by atoms with E-state index in [0.717, 1.165) is 78.7 Å². The van der Waals surface area contributed by atoms with E-state index in [-0.39, 0.29) is 6.10 Å². The van der Waals surface area contributed by atoms with Crippen molar-refractivity contribution in [3.63, 3.8) is 0 Å². The number of rotatable bonds is 13. The summed E-state index contributed by atoms with van der Waals surface area (Å²) in [5.74, 6) is 2.70. The lowest BCUT2D eigenvalue weighted by atomic mass is 10.0. The molecule has 2 fully saturated rings. The summed E-state index contributed by atoms with van der Waals surface area (Å²) in [5, 5.41) is 6.67. The van der Waals surface area contributed by atoms with Crippen LogP contribution in [0.3, 0.4) is 0 Å². The zero-order valence-electron chi connectivity index (χ0n) is 24.0. The molecule has 1 saturated carbocycles. The highest BCUT2D eigenvalue weighted by atomic mass is 16.5. The minimum absolute atomic E-state index is 0.171. The van der Waals surface area contributed by atoms with E-state index >= 15 is 0 Å². The van der Waals surface area contributed by atoms with Crippen molar-refractivity contribution in [2.45, 2.75) is 45.8 Å². The highest BCUT2D eigenvalue weighted by Crippen LogP contribution is 2.44. The van der Waals surface area contributed by atoms with Gasteiger partial charge in [0.1, 0.15) is 24.0 Å². The van der Waals surface area contributed by atoms with Crippen LogP contribution in [0.15, 0.2) is 112 Å². The predicted molar refractivity (Wildman–Crippen MR) is 163 cm³/mol. The number of hydrogen-bond acceptors (Lipinski definition) is 5. The number of hydrogen-bond donors (Lipinski definition) is 2. The van der Waals surface area contributed by atoms with Crippen LogP contribution in [0, 0.1) is 11.8 Å². The summed E-state index contributed by atoms with van der Waals surface area (Å²) >= 11 is 0. The molecule has 3 aliphatic rings. The molecule has 0 aromatic carbocycles. The molecule has 8 nitrogen and oxygen atoms in total. The van der Waals surface area contributed by atoms with Crippen molar-refractivity contribution in [3.05, 3.63) is 102 Å². The fourth-order valence-corrected chi connectivity index (χ4v) is 4.62. The Bertz CT molecular complexity index is 1260. The van der Waals surface area contributed by atoms with Crippen molar-refractivity contribution in [2.75, 3.05) is 26.8 Å². The van der Waals surface area contributed by atoms with Crippen LogP contribution in [0.5, 0.6) is 0 Å². The Hall–Kier alpha value is -3.91. The molecule has 0 radical (unpaired) electrons. The fourth-order valence-electron chi connectivity index (χ4n) is 4.62. The minimum atomic E-state index is 0.171. The molecule has 3 heterocycles. The summed E-state index contributed by atoms with van der Waals surface area (Å²) in [6.45, 7) is 15.2. The number of ether oxygens (including phenoxy) is 2. The number of aliphatic imine (C=N–C) groups is 2. The lowest BCUT2D eigenvalue weighted by molar-refractivity contribution is -0.00170. The Morgan fingerprint density at radius 3 is 2.83 bits per heavy atom. The largest absolute Gasteiger partial charge is 0.488 e. The lowest BCUT2D eigenvalue weighted by Gasteiger charge is -2.24. The monoisotopic (exact) mass is 542 g/mol. The smallest absolute Gasteiger partial charge is 0.138 e. The second kappa shape index (κ2) is 14.5. The van der Waals surface area contributed by atoms with Crippen LogP contribution in [0.4, 0.5) is 0 Å². The molecule has 1 aromatic rings. The Kier molecular flexibility index (Phi) is 10.5. The maximum atomic E-state index is 6.23. The Balaban J connectivity index is 1.32. The summed E-state index contributed by atoms with van der Waals surface area (Å²) < 4.78 is 13.7. The molecule has 0 amide bonds. The van der Waals surface area contributed by atoms with E-state index < -0.39 is 0 Å². The normalized spacial score (nSPS) is 23.2. The van der Waals surface area contributed by atoms with Crippen LogP contribution in [-0.4, -0.2) is 54.6 Å². The van der Waals surface area contributed by atoms with E-state index in [4.69, 9.17) is 9.47 Å². The van der Waals surface area contributed by atoms with Crippen LogP contribution in [0.1, 0.15) is 33.1 Å². The van der Waals surface area contributed by atoms with Gasteiger partial charge in [0.15, 0.2) is 0 Å². The molecule has 4 rings (SSSR count).